The standard InChI is InChI=1S/C22H23FN2O3/c1-9-8-16(15(7)17(10(9)2)22(26)27)20-24-21(28-25-20)18-13(5)11(3)12(4)14(6)19(18)23/h8H,1-7H3,(H,26,27). The number of aryl methyl sites for hydroxylation is 1. The molecule has 0 amide bonds. The molecule has 1 N–H and O–H groups in total. The van der Waals surface area contributed by atoms with Crippen molar-refractivity contribution >= 4 is 5.97 Å². The van der Waals surface area contributed by atoms with Crippen LogP contribution in [-0.4, -0.2) is 21.2 Å². The fourth-order valence-electron chi connectivity index (χ4n) is 3.55. The van der Waals surface area contributed by atoms with Crippen LogP contribution >= 0.6 is 0 Å². The molecule has 0 radical (unpaired) electrons. The van der Waals surface area contributed by atoms with E-state index in [2.05, 4.69) is 10.1 Å². The van der Waals surface area contributed by atoms with Gasteiger partial charge in [-0.05, 0) is 93.5 Å². The van der Waals surface area contributed by atoms with E-state index < -0.39 is 5.97 Å². The number of benzene rings is 2. The zero-order valence-corrected chi connectivity index (χ0v) is 17.1. The lowest BCUT2D eigenvalue weighted by molar-refractivity contribution is 0.0695. The van der Waals surface area contributed by atoms with Crippen LogP contribution < -0.4 is 0 Å². The van der Waals surface area contributed by atoms with Gasteiger partial charge in [0, 0.05) is 5.56 Å². The molecule has 0 saturated carbocycles. The number of hydrogen-bond acceptors (Lipinski definition) is 4. The zero-order valence-electron chi connectivity index (χ0n) is 17.1. The monoisotopic (exact) mass is 382 g/mol. The predicted molar refractivity (Wildman–Crippen MR) is 105 cm³/mol. The average Bonchev–Trinajstić information content (AvgIpc) is 3.10. The van der Waals surface area contributed by atoms with E-state index in [-0.39, 0.29) is 23.1 Å². The third-order valence-corrected chi connectivity index (χ3v) is 5.81. The van der Waals surface area contributed by atoms with Crippen molar-refractivity contribution in [1.82, 2.24) is 10.1 Å². The maximum absolute atomic E-state index is 15.0. The Morgan fingerprint density at radius 1 is 0.929 bits per heavy atom. The molecular weight excluding hydrogens is 359 g/mol. The molecule has 1 aromatic heterocycles. The lowest BCUT2D eigenvalue weighted by Crippen LogP contribution is -2.06. The first-order valence-corrected chi connectivity index (χ1v) is 9.00. The molecule has 5 nitrogen and oxygen atoms in total. The Kier molecular flexibility index (Phi) is 4.83. The van der Waals surface area contributed by atoms with Crippen LogP contribution in [0.15, 0.2) is 10.6 Å². The summed E-state index contributed by atoms with van der Waals surface area (Å²) in [6.45, 7) is 12.7. The quantitative estimate of drug-likeness (QED) is 0.656. The first-order valence-electron chi connectivity index (χ1n) is 9.00. The smallest absolute Gasteiger partial charge is 0.336 e. The highest BCUT2D eigenvalue weighted by molar-refractivity contribution is 5.94. The number of hydrogen-bond donors (Lipinski definition) is 1. The third kappa shape index (κ3) is 2.89. The molecule has 3 aromatic rings. The number of carboxylic acids is 1. The van der Waals surface area contributed by atoms with Gasteiger partial charge in [0.05, 0.1) is 11.1 Å². The lowest BCUT2D eigenvalue weighted by Gasteiger charge is -2.13. The van der Waals surface area contributed by atoms with E-state index in [9.17, 15) is 14.3 Å². The van der Waals surface area contributed by atoms with Gasteiger partial charge in [-0.15, -0.1) is 0 Å². The Balaban J connectivity index is 2.22. The summed E-state index contributed by atoms with van der Waals surface area (Å²) >= 11 is 0. The van der Waals surface area contributed by atoms with Crippen molar-refractivity contribution in [1.29, 1.82) is 0 Å². The minimum atomic E-state index is -1.00. The van der Waals surface area contributed by atoms with Crippen LogP contribution in [0.3, 0.4) is 0 Å². The maximum atomic E-state index is 15.0. The summed E-state index contributed by atoms with van der Waals surface area (Å²) in [7, 11) is 0. The van der Waals surface area contributed by atoms with Gasteiger partial charge in [0.25, 0.3) is 5.89 Å². The van der Waals surface area contributed by atoms with Crippen LogP contribution in [0, 0.1) is 54.3 Å². The molecule has 3 rings (SSSR count). The van der Waals surface area contributed by atoms with E-state index in [0.717, 1.165) is 22.3 Å². The van der Waals surface area contributed by atoms with Crippen LogP contribution in [0.25, 0.3) is 22.8 Å². The molecule has 0 spiro atoms. The second-order valence-electron chi connectivity index (χ2n) is 7.28. The van der Waals surface area contributed by atoms with E-state index in [1.807, 2.05) is 33.8 Å². The van der Waals surface area contributed by atoms with Crippen molar-refractivity contribution in [2.75, 3.05) is 0 Å². The second-order valence-corrected chi connectivity index (χ2v) is 7.28. The van der Waals surface area contributed by atoms with Crippen molar-refractivity contribution in [3.8, 4) is 22.8 Å². The number of aromatic carboxylic acids is 1. The molecule has 0 aliphatic rings. The van der Waals surface area contributed by atoms with Crippen LogP contribution in [0.5, 0.6) is 0 Å². The summed E-state index contributed by atoms with van der Waals surface area (Å²) in [5.74, 6) is -1.05. The summed E-state index contributed by atoms with van der Waals surface area (Å²) in [6, 6.07) is 1.83. The van der Waals surface area contributed by atoms with Crippen molar-refractivity contribution < 1.29 is 18.8 Å². The number of carboxylic acid groups (broad SMARTS) is 1. The van der Waals surface area contributed by atoms with Gasteiger partial charge in [0.15, 0.2) is 0 Å². The molecule has 0 aliphatic carbocycles. The van der Waals surface area contributed by atoms with E-state index in [1.165, 1.54) is 0 Å². The van der Waals surface area contributed by atoms with E-state index in [4.69, 9.17) is 4.52 Å². The van der Waals surface area contributed by atoms with Crippen LogP contribution in [-0.2, 0) is 0 Å². The first-order chi connectivity index (χ1) is 13.1. The van der Waals surface area contributed by atoms with Gasteiger partial charge in [-0.3, -0.25) is 0 Å². The third-order valence-electron chi connectivity index (χ3n) is 5.81. The van der Waals surface area contributed by atoms with Crippen LogP contribution in [0.2, 0.25) is 0 Å². The van der Waals surface area contributed by atoms with Gasteiger partial charge in [0.1, 0.15) is 5.82 Å². The van der Waals surface area contributed by atoms with Crippen LogP contribution in [0.4, 0.5) is 4.39 Å². The van der Waals surface area contributed by atoms with Gasteiger partial charge >= 0.3 is 5.97 Å². The maximum Gasteiger partial charge on any atom is 0.336 e. The summed E-state index contributed by atoms with van der Waals surface area (Å²) in [5, 5.41) is 13.6. The number of rotatable bonds is 3. The van der Waals surface area contributed by atoms with Crippen molar-refractivity contribution in [2.24, 2.45) is 0 Å². The van der Waals surface area contributed by atoms with Gasteiger partial charge in [-0.2, -0.15) is 4.98 Å². The number of halogens is 1. The fraction of sp³-hybridized carbons (Fsp3) is 0.318. The molecule has 28 heavy (non-hydrogen) atoms. The van der Waals surface area contributed by atoms with E-state index in [0.29, 0.717) is 27.8 Å². The van der Waals surface area contributed by atoms with Crippen molar-refractivity contribution in [3.05, 3.63) is 56.4 Å². The fourth-order valence-corrected chi connectivity index (χ4v) is 3.55. The Labute approximate surface area is 163 Å². The molecule has 0 unspecified atom stereocenters. The molecule has 0 atom stereocenters. The number of aromatic nitrogens is 2. The molecule has 0 saturated heterocycles. The van der Waals surface area contributed by atoms with Gasteiger partial charge in [0.2, 0.25) is 5.82 Å². The largest absolute Gasteiger partial charge is 0.478 e. The predicted octanol–water partition coefficient (Wildman–Crippen LogP) is 5.40. The van der Waals surface area contributed by atoms with Gasteiger partial charge < -0.3 is 9.63 Å². The Morgan fingerprint density at radius 2 is 1.54 bits per heavy atom. The van der Waals surface area contributed by atoms with Crippen LogP contribution in [0.1, 0.15) is 49.3 Å². The van der Waals surface area contributed by atoms with Crippen molar-refractivity contribution in [2.45, 2.75) is 48.5 Å². The summed E-state index contributed by atoms with van der Waals surface area (Å²) in [6.07, 6.45) is 0. The van der Waals surface area contributed by atoms with Crippen molar-refractivity contribution in [3.63, 3.8) is 0 Å². The van der Waals surface area contributed by atoms with Gasteiger partial charge in [-0.25, -0.2) is 9.18 Å². The minimum Gasteiger partial charge on any atom is -0.478 e. The van der Waals surface area contributed by atoms with Gasteiger partial charge in [-0.1, -0.05) is 5.16 Å². The molecule has 146 valence electrons. The molecule has 0 fully saturated rings. The number of nitrogens with zero attached hydrogens (tertiary/aromatic N) is 2. The molecule has 2 aromatic carbocycles. The van der Waals surface area contributed by atoms with E-state index >= 15 is 0 Å². The Morgan fingerprint density at radius 3 is 2.14 bits per heavy atom. The zero-order chi connectivity index (χ0) is 20.9. The normalized spacial score (nSPS) is 11.1. The highest BCUT2D eigenvalue weighted by Gasteiger charge is 2.24. The molecule has 0 bridgehead atoms. The average molecular weight is 382 g/mol. The Hall–Kier alpha value is -3.02. The highest BCUT2D eigenvalue weighted by Crippen LogP contribution is 2.35. The topological polar surface area (TPSA) is 76.2 Å². The molecular formula is C22H23FN2O3. The molecule has 6 heteroatoms. The summed E-state index contributed by atoms with van der Waals surface area (Å²) in [4.78, 5) is 16.1. The SMILES string of the molecule is Cc1cc(-c2noc(-c3c(C)c(C)c(C)c(C)c3F)n2)c(C)c(C(=O)O)c1C. The summed E-state index contributed by atoms with van der Waals surface area (Å²) < 4.78 is 20.4. The minimum absolute atomic E-state index is 0.0886. The number of carbonyl (C=O) groups is 1. The highest BCUT2D eigenvalue weighted by atomic mass is 19.1. The molecule has 1 heterocycles. The first kappa shape index (κ1) is 19.7. The Bertz CT molecular complexity index is 1100. The lowest BCUT2D eigenvalue weighted by atomic mass is 9.93. The summed E-state index contributed by atoms with van der Waals surface area (Å²) in [5.41, 5.74) is 6.32. The second kappa shape index (κ2) is 6.86. The van der Waals surface area contributed by atoms with E-state index in [1.54, 1.807) is 20.8 Å². The molecule has 0 aliphatic heterocycles.